The summed E-state index contributed by atoms with van der Waals surface area (Å²) in [6.45, 7) is 0.274. The second-order valence-corrected chi connectivity index (χ2v) is 7.21. The summed E-state index contributed by atoms with van der Waals surface area (Å²) in [5.41, 5.74) is 0. The van der Waals surface area contributed by atoms with Gasteiger partial charge >= 0.3 is 0 Å². The Kier molecular flexibility index (Phi) is 5.94. The summed E-state index contributed by atoms with van der Waals surface area (Å²) < 4.78 is 32.1. The molecule has 0 aromatic heterocycles. The average molecular weight is 381 g/mol. The zero-order chi connectivity index (χ0) is 16.2. The molecule has 0 atom stereocenters. The molecule has 0 unspecified atom stereocenters. The number of hydrogen-bond acceptors (Lipinski definition) is 3. The van der Waals surface area contributed by atoms with Gasteiger partial charge < -0.3 is 4.74 Å². The van der Waals surface area contributed by atoms with Gasteiger partial charge in [0.15, 0.2) is 0 Å². The van der Waals surface area contributed by atoms with E-state index in [1.807, 2.05) is 18.2 Å². The highest BCUT2D eigenvalue weighted by atomic mass is 35.5. The number of hydrogen-bond donors (Lipinski definition) is 1. The molecule has 118 valence electrons. The van der Waals surface area contributed by atoms with Gasteiger partial charge in [0, 0.05) is 6.54 Å². The molecule has 4 nitrogen and oxygen atoms in total. The first-order valence-electron chi connectivity index (χ1n) is 6.22. The van der Waals surface area contributed by atoms with Crippen molar-refractivity contribution in [2.24, 2.45) is 0 Å². The van der Waals surface area contributed by atoms with Crippen LogP contribution in [0.1, 0.15) is 0 Å². The monoisotopic (exact) mass is 379 g/mol. The minimum Gasteiger partial charge on any atom is -0.492 e. The van der Waals surface area contributed by atoms with E-state index in [1.54, 1.807) is 12.1 Å². The number of para-hydroxylation sites is 1. The molecule has 0 saturated carbocycles. The largest absolute Gasteiger partial charge is 0.492 e. The normalized spacial score (nSPS) is 11.4. The lowest BCUT2D eigenvalue weighted by Gasteiger charge is -2.10. The molecule has 0 bridgehead atoms. The van der Waals surface area contributed by atoms with Crippen LogP contribution in [-0.4, -0.2) is 21.6 Å². The summed E-state index contributed by atoms with van der Waals surface area (Å²) in [6, 6.07) is 11.6. The Bertz CT molecular complexity index is 751. The Morgan fingerprint density at radius 1 is 0.955 bits per heavy atom. The lowest BCUT2D eigenvalue weighted by atomic mass is 10.3. The highest BCUT2D eigenvalue weighted by Gasteiger charge is 2.19. The first-order chi connectivity index (χ1) is 10.4. The first-order valence-corrected chi connectivity index (χ1v) is 8.84. The van der Waals surface area contributed by atoms with Crippen molar-refractivity contribution in [3.8, 4) is 5.75 Å². The van der Waals surface area contributed by atoms with E-state index in [0.29, 0.717) is 5.75 Å². The fourth-order valence-corrected chi connectivity index (χ4v) is 3.66. The molecule has 0 aliphatic heterocycles. The van der Waals surface area contributed by atoms with Gasteiger partial charge in [0.25, 0.3) is 0 Å². The molecule has 0 aliphatic carbocycles. The Labute approximate surface area is 144 Å². The molecule has 1 N–H and O–H groups in total. The summed E-state index contributed by atoms with van der Waals surface area (Å²) in [4.78, 5) is -0.122. The molecule has 22 heavy (non-hydrogen) atoms. The topological polar surface area (TPSA) is 55.4 Å². The van der Waals surface area contributed by atoms with Gasteiger partial charge in [-0.15, -0.1) is 0 Å². The molecule has 8 heteroatoms. The molecule has 0 amide bonds. The van der Waals surface area contributed by atoms with E-state index in [1.165, 1.54) is 12.1 Å². The predicted molar refractivity (Wildman–Crippen MR) is 88.6 cm³/mol. The zero-order valence-corrected chi connectivity index (χ0v) is 14.3. The van der Waals surface area contributed by atoms with Crippen LogP contribution in [0.5, 0.6) is 5.75 Å². The number of ether oxygens (including phenoxy) is 1. The van der Waals surface area contributed by atoms with Crippen LogP contribution in [0.2, 0.25) is 15.1 Å². The third kappa shape index (κ3) is 4.51. The van der Waals surface area contributed by atoms with E-state index in [4.69, 9.17) is 39.5 Å². The number of nitrogens with one attached hydrogen (secondary N) is 1. The number of sulfonamides is 1. The second kappa shape index (κ2) is 7.53. The molecule has 2 aromatic carbocycles. The number of benzene rings is 2. The Balaban J connectivity index is 1.98. The summed E-state index contributed by atoms with van der Waals surface area (Å²) in [5, 5.41) is 0.316. The number of rotatable bonds is 6. The fourth-order valence-electron chi connectivity index (χ4n) is 1.65. The fraction of sp³-hybridized carbons (Fsp3) is 0.143. The predicted octanol–water partition coefficient (Wildman–Crippen LogP) is 4.00. The summed E-state index contributed by atoms with van der Waals surface area (Å²) in [5.74, 6) is 0.661. The van der Waals surface area contributed by atoms with Crippen molar-refractivity contribution in [2.75, 3.05) is 13.2 Å². The summed E-state index contributed by atoms with van der Waals surface area (Å²) >= 11 is 17.5. The average Bonchev–Trinajstić information content (AvgIpc) is 2.48. The van der Waals surface area contributed by atoms with E-state index in [2.05, 4.69) is 4.72 Å². The number of halogens is 3. The first kappa shape index (κ1) is 17.4. The molecule has 0 saturated heterocycles. The molecule has 0 spiro atoms. The maximum atomic E-state index is 12.2. The molecule has 2 aromatic rings. The van der Waals surface area contributed by atoms with Crippen molar-refractivity contribution >= 4 is 44.8 Å². The summed E-state index contributed by atoms with van der Waals surface area (Å²) in [7, 11) is -3.79. The van der Waals surface area contributed by atoms with Gasteiger partial charge in [-0.3, -0.25) is 0 Å². The van der Waals surface area contributed by atoms with Gasteiger partial charge in [-0.25, -0.2) is 13.1 Å². The van der Waals surface area contributed by atoms with Crippen molar-refractivity contribution < 1.29 is 13.2 Å². The van der Waals surface area contributed by atoms with Crippen LogP contribution >= 0.6 is 34.8 Å². The zero-order valence-electron chi connectivity index (χ0n) is 11.2. The molecular formula is C14H12Cl3NO3S. The second-order valence-electron chi connectivity index (χ2n) is 4.26. The van der Waals surface area contributed by atoms with Gasteiger partial charge in [-0.1, -0.05) is 53.0 Å². The van der Waals surface area contributed by atoms with E-state index in [9.17, 15) is 8.42 Å². The van der Waals surface area contributed by atoms with Crippen molar-refractivity contribution in [3.63, 3.8) is 0 Å². The highest BCUT2D eigenvalue weighted by molar-refractivity contribution is 7.89. The molecule has 0 heterocycles. The van der Waals surface area contributed by atoms with E-state index >= 15 is 0 Å². The van der Waals surface area contributed by atoms with Crippen LogP contribution in [0.3, 0.4) is 0 Å². The van der Waals surface area contributed by atoms with Gasteiger partial charge in [-0.2, -0.15) is 0 Å². The minimum absolute atomic E-state index is 0.00544. The maximum absolute atomic E-state index is 12.2. The van der Waals surface area contributed by atoms with Crippen molar-refractivity contribution in [2.45, 2.75) is 4.90 Å². The minimum atomic E-state index is -3.79. The Morgan fingerprint density at radius 3 is 2.27 bits per heavy atom. The highest BCUT2D eigenvalue weighted by Crippen LogP contribution is 2.31. The van der Waals surface area contributed by atoms with Crippen LogP contribution in [0, 0.1) is 0 Å². The smallest absolute Gasteiger partial charge is 0.242 e. The van der Waals surface area contributed by atoms with E-state index < -0.39 is 10.0 Å². The molecule has 0 fully saturated rings. The van der Waals surface area contributed by atoms with E-state index in [-0.39, 0.29) is 33.1 Å². The Hall–Kier alpha value is -0.980. The molecule has 2 rings (SSSR count). The van der Waals surface area contributed by atoms with Gasteiger partial charge in [-0.05, 0) is 24.3 Å². The van der Waals surface area contributed by atoms with Crippen LogP contribution < -0.4 is 9.46 Å². The third-order valence-corrected chi connectivity index (χ3v) is 5.32. The standard InChI is InChI=1S/C14H12Cl3NO3S/c15-11-8-13(17)14(9-12(11)16)22(19,20)18-6-7-21-10-4-2-1-3-5-10/h1-5,8-9,18H,6-7H2. The van der Waals surface area contributed by atoms with Crippen LogP contribution in [0.15, 0.2) is 47.4 Å². The van der Waals surface area contributed by atoms with Gasteiger partial charge in [0.2, 0.25) is 10.0 Å². The van der Waals surface area contributed by atoms with Gasteiger partial charge in [0.05, 0.1) is 15.1 Å². The summed E-state index contributed by atoms with van der Waals surface area (Å²) in [6.07, 6.45) is 0. The van der Waals surface area contributed by atoms with Crippen LogP contribution in [0.4, 0.5) is 0 Å². The van der Waals surface area contributed by atoms with Crippen LogP contribution in [-0.2, 0) is 10.0 Å². The SMILES string of the molecule is O=S(=O)(NCCOc1ccccc1)c1cc(Cl)c(Cl)cc1Cl. The van der Waals surface area contributed by atoms with Crippen LogP contribution in [0.25, 0.3) is 0 Å². The Morgan fingerprint density at radius 2 is 1.59 bits per heavy atom. The van der Waals surface area contributed by atoms with Crippen molar-refractivity contribution in [3.05, 3.63) is 57.5 Å². The van der Waals surface area contributed by atoms with E-state index in [0.717, 1.165) is 0 Å². The third-order valence-electron chi connectivity index (χ3n) is 2.67. The maximum Gasteiger partial charge on any atom is 0.242 e. The molecular weight excluding hydrogens is 369 g/mol. The lowest BCUT2D eigenvalue weighted by Crippen LogP contribution is -2.28. The molecule has 0 aliphatic rings. The molecule has 0 radical (unpaired) electrons. The van der Waals surface area contributed by atoms with Crippen molar-refractivity contribution in [1.29, 1.82) is 0 Å². The lowest BCUT2D eigenvalue weighted by molar-refractivity contribution is 0.323. The van der Waals surface area contributed by atoms with Crippen molar-refractivity contribution in [1.82, 2.24) is 4.72 Å². The van der Waals surface area contributed by atoms with Gasteiger partial charge in [0.1, 0.15) is 17.3 Å². The quantitative estimate of drug-likeness (QED) is 0.608.